The first-order valence-electron chi connectivity index (χ1n) is 7.87. The first-order chi connectivity index (χ1) is 13.0. The first-order valence-corrected chi connectivity index (χ1v) is 9.12. The normalized spacial score (nSPS) is 17.0. The molecule has 27 heavy (non-hydrogen) atoms. The number of halogens is 1. The number of rotatable bonds is 4. The van der Waals surface area contributed by atoms with Gasteiger partial charge >= 0.3 is 0 Å². The molecule has 9 heteroatoms. The maximum absolute atomic E-state index is 13.0. The Morgan fingerprint density at radius 2 is 2.15 bits per heavy atom. The summed E-state index contributed by atoms with van der Waals surface area (Å²) in [6.45, 7) is 1.70. The van der Waals surface area contributed by atoms with Gasteiger partial charge in [0, 0.05) is 5.02 Å². The maximum atomic E-state index is 13.0. The van der Waals surface area contributed by atoms with Crippen molar-refractivity contribution in [2.24, 2.45) is 0 Å². The van der Waals surface area contributed by atoms with E-state index >= 15 is 0 Å². The summed E-state index contributed by atoms with van der Waals surface area (Å²) in [7, 11) is 0. The number of aromatic nitrogens is 2. The largest absolute Gasteiger partial charge is 0.503 e. The molecule has 2 aromatic heterocycles. The van der Waals surface area contributed by atoms with Gasteiger partial charge in [-0.05, 0) is 36.8 Å². The Morgan fingerprint density at radius 1 is 1.33 bits per heavy atom. The number of hydrogen-bond donors (Lipinski definition) is 1. The van der Waals surface area contributed by atoms with E-state index < -0.39 is 23.5 Å². The number of aliphatic hydroxyl groups excluding tert-OH is 1. The van der Waals surface area contributed by atoms with Gasteiger partial charge in [0.25, 0.3) is 5.91 Å². The molecule has 3 aromatic rings. The molecule has 0 fully saturated rings. The molecule has 0 saturated heterocycles. The van der Waals surface area contributed by atoms with E-state index in [1.807, 2.05) is 0 Å². The topological polar surface area (TPSA) is 96.5 Å². The third-order valence-electron chi connectivity index (χ3n) is 4.14. The quantitative estimate of drug-likeness (QED) is 0.666. The number of nitrogens with zero attached hydrogens (tertiary/aromatic N) is 3. The van der Waals surface area contributed by atoms with Crippen LogP contribution in [0.5, 0.6) is 0 Å². The zero-order valence-electron chi connectivity index (χ0n) is 13.9. The molecule has 0 spiro atoms. The molecule has 3 heterocycles. The first kappa shape index (κ1) is 17.4. The Balaban J connectivity index is 1.88. The molecule has 1 unspecified atom stereocenters. The molecule has 7 nitrogen and oxygen atoms in total. The van der Waals surface area contributed by atoms with Gasteiger partial charge in [-0.3, -0.25) is 14.5 Å². The molecular formula is C18H12ClN3O4S. The fourth-order valence-corrected chi connectivity index (χ4v) is 3.77. The van der Waals surface area contributed by atoms with Gasteiger partial charge in [-0.1, -0.05) is 35.1 Å². The number of aliphatic hydroxyl groups is 1. The summed E-state index contributed by atoms with van der Waals surface area (Å²) in [4.78, 5) is 27.0. The van der Waals surface area contributed by atoms with Crippen molar-refractivity contribution in [2.75, 3.05) is 4.90 Å². The molecule has 0 radical (unpaired) electrons. The lowest BCUT2D eigenvalue weighted by Gasteiger charge is -2.23. The lowest BCUT2D eigenvalue weighted by atomic mass is 9.95. The second-order valence-electron chi connectivity index (χ2n) is 5.86. The van der Waals surface area contributed by atoms with Crippen LogP contribution in [0.15, 0.2) is 57.7 Å². The van der Waals surface area contributed by atoms with Crippen LogP contribution in [0.25, 0.3) is 0 Å². The maximum Gasteiger partial charge on any atom is 0.296 e. The number of carbonyl (C=O) groups excluding carboxylic acids is 2. The number of carbonyl (C=O) groups is 2. The van der Waals surface area contributed by atoms with E-state index in [-0.39, 0.29) is 16.5 Å². The third-order valence-corrected chi connectivity index (χ3v) is 5.06. The van der Waals surface area contributed by atoms with E-state index in [2.05, 4.69) is 10.2 Å². The van der Waals surface area contributed by atoms with Crippen LogP contribution >= 0.6 is 22.9 Å². The summed E-state index contributed by atoms with van der Waals surface area (Å²) in [5.74, 6) is -1.38. The molecule has 0 bridgehead atoms. The molecule has 1 amide bonds. The number of ketones is 1. The van der Waals surface area contributed by atoms with E-state index in [1.54, 1.807) is 37.3 Å². The van der Waals surface area contributed by atoms with Crippen molar-refractivity contribution in [3.05, 3.63) is 75.3 Å². The van der Waals surface area contributed by atoms with Crippen molar-refractivity contribution in [3.63, 3.8) is 0 Å². The van der Waals surface area contributed by atoms with Gasteiger partial charge in [0.1, 0.15) is 11.3 Å². The summed E-state index contributed by atoms with van der Waals surface area (Å²) < 4.78 is 5.40. The van der Waals surface area contributed by atoms with Crippen LogP contribution in [0, 0.1) is 6.92 Å². The monoisotopic (exact) mass is 401 g/mol. The Labute approximate surface area is 162 Å². The highest BCUT2D eigenvalue weighted by Crippen LogP contribution is 2.42. The SMILES string of the molecule is Cc1ccc(C(=O)C2=C(O)C(=O)N(c3nncs3)C2c2cccc(Cl)c2)o1. The molecule has 1 aliphatic rings. The second kappa shape index (κ2) is 6.64. The highest BCUT2D eigenvalue weighted by molar-refractivity contribution is 7.13. The van der Waals surface area contributed by atoms with Gasteiger partial charge in [0.15, 0.2) is 11.5 Å². The summed E-state index contributed by atoms with van der Waals surface area (Å²) in [6, 6.07) is 8.97. The summed E-state index contributed by atoms with van der Waals surface area (Å²) in [5.41, 5.74) is 1.93. The fourth-order valence-electron chi connectivity index (χ4n) is 2.99. The number of benzene rings is 1. The van der Waals surface area contributed by atoms with Gasteiger partial charge in [-0.25, -0.2) is 0 Å². The van der Waals surface area contributed by atoms with E-state index in [0.717, 1.165) is 11.3 Å². The highest BCUT2D eigenvalue weighted by Gasteiger charge is 2.46. The van der Waals surface area contributed by atoms with Crippen molar-refractivity contribution >= 4 is 39.8 Å². The zero-order chi connectivity index (χ0) is 19.1. The van der Waals surface area contributed by atoms with Gasteiger partial charge in [0.05, 0.1) is 11.6 Å². The number of anilines is 1. The molecular weight excluding hydrogens is 390 g/mol. The average Bonchev–Trinajstić information content (AvgIpc) is 3.36. The second-order valence-corrected chi connectivity index (χ2v) is 7.10. The van der Waals surface area contributed by atoms with Crippen molar-refractivity contribution in [2.45, 2.75) is 13.0 Å². The Morgan fingerprint density at radius 3 is 2.78 bits per heavy atom. The third kappa shape index (κ3) is 2.92. The molecule has 136 valence electrons. The average molecular weight is 402 g/mol. The van der Waals surface area contributed by atoms with E-state index in [4.69, 9.17) is 16.0 Å². The van der Waals surface area contributed by atoms with Crippen molar-refractivity contribution in [3.8, 4) is 0 Å². The van der Waals surface area contributed by atoms with Crippen LogP contribution in [-0.2, 0) is 4.79 Å². The summed E-state index contributed by atoms with van der Waals surface area (Å²) in [6.07, 6.45) is 0. The number of furan rings is 1. The van der Waals surface area contributed by atoms with Crippen molar-refractivity contribution in [1.29, 1.82) is 0 Å². The zero-order valence-corrected chi connectivity index (χ0v) is 15.5. The molecule has 1 atom stereocenters. The Hall–Kier alpha value is -2.97. The predicted molar refractivity (Wildman–Crippen MR) is 99.0 cm³/mol. The summed E-state index contributed by atoms with van der Waals surface area (Å²) in [5, 5.41) is 18.9. The van der Waals surface area contributed by atoms with Crippen molar-refractivity contribution < 1.29 is 19.1 Å². The van der Waals surface area contributed by atoms with Gasteiger partial charge < -0.3 is 9.52 Å². The van der Waals surface area contributed by atoms with E-state index in [9.17, 15) is 14.7 Å². The number of aryl methyl sites for hydroxylation is 1. The van der Waals surface area contributed by atoms with E-state index in [1.165, 1.54) is 16.5 Å². The molecule has 1 aliphatic heterocycles. The van der Waals surface area contributed by atoms with Crippen LogP contribution < -0.4 is 4.90 Å². The minimum Gasteiger partial charge on any atom is -0.503 e. The lowest BCUT2D eigenvalue weighted by Crippen LogP contribution is -2.31. The summed E-state index contributed by atoms with van der Waals surface area (Å²) >= 11 is 7.23. The minimum atomic E-state index is -0.901. The van der Waals surface area contributed by atoms with Gasteiger partial charge in [-0.2, -0.15) is 0 Å². The smallest absolute Gasteiger partial charge is 0.296 e. The van der Waals surface area contributed by atoms with Crippen LogP contribution in [0.4, 0.5) is 5.13 Å². The molecule has 1 N–H and O–H groups in total. The van der Waals surface area contributed by atoms with Gasteiger partial charge in [0.2, 0.25) is 10.9 Å². The molecule has 0 saturated carbocycles. The minimum absolute atomic E-state index is 0.0352. The Kier molecular flexibility index (Phi) is 4.29. The van der Waals surface area contributed by atoms with Crippen LogP contribution in [-0.4, -0.2) is 27.0 Å². The van der Waals surface area contributed by atoms with Crippen LogP contribution in [0.1, 0.15) is 27.9 Å². The van der Waals surface area contributed by atoms with Crippen molar-refractivity contribution in [1.82, 2.24) is 10.2 Å². The standard InChI is InChI=1S/C18H12ClN3O4S/c1-9-5-6-12(26-9)15(23)13-14(10-3-2-4-11(19)7-10)22(17(25)16(13)24)18-21-20-8-27-18/h2-8,14,24H,1H3. The number of amides is 1. The Bertz CT molecular complexity index is 1070. The van der Waals surface area contributed by atoms with E-state index in [0.29, 0.717) is 16.3 Å². The van der Waals surface area contributed by atoms with Crippen LogP contribution in [0.2, 0.25) is 5.02 Å². The predicted octanol–water partition coefficient (Wildman–Crippen LogP) is 3.88. The molecule has 0 aliphatic carbocycles. The molecule has 1 aromatic carbocycles. The van der Waals surface area contributed by atoms with Gasteiger partial charge in [-0.15, -0.1) is 10.2 Å². The van der Waals surface area contributed by atoms with Crippen LogP contribution in [0.3, 0.4) is 0 Å². The highest BCUT2D eigenvalue weighted by atomic mass is 35.5. The number of Topliss-reactive ketones (excluding diaryl/α,β-unsaturated/α-hetero) is 1. The fraction of sp³-hybridized carbons (Fsp3) is 0.111. The lowest BCUT2D eigenvalue weighted by molar-refractivity contribution is -0.117. The molecule has 4 rings (SSSR count). The number of hydrogen-bond acceptors (Lipinski definition) is 7.